The van der Waals surface area contributed by atoms with Crippen molar-refractivity contribution in [3.63, 3.8) is 0 Å². The van der Waals surface area contributed by atoms with Crippen LogP contribution in [0.2, 0.25) is 0 Å². The summed E-state index contributed by atoms with van der Waals surface area (Å²) in [5.74, 6) is 0. The number of nitrogens with zero attached hydrogens (tertiary/aromatic N) is 1. The van der Waals surface area contributed by atoms with Crippen molar-refractivity contribution in [2.24, 2.45) is 0 Å². The van der Waals surface area contributed by atoms with E-state index >= 15 is 0 Å². The zero-order valence-corrected chi connectivity index (χ0v) is 13.9. The van der Waals surface area contributed by atoms with Gasteiger partial charge >= 0.3 is 0 Å². The molecule has 6 heteroatoms. The number of nitrogens with one attached hydrogen (secondary N) is 1. The van der Waals surface area contributed by atoms with Crippen LogP contribution >= 0.6 is 11.3 Å². The lowest BCUT2D eigenvalue weighted by molar-refractivity contribution is 0.370. The van der Waals surface area contributed by atoms with Gasteiger partial charge in [0, 0.05) is 25.2 Å². The smallest absolute Gasteiger partial charge is 0.252 e. The fourth-order valence-electron chi connectivity index (χ4n) is 1.83. The summed E-state index contributed by atoms with van der Waals surface area (Å²) in [6.07, 6.45) is 0. The van der Waals surface area contributed by atoms with Crippen molar-refractivity contribution < 1.29 is 8.42 Å². The molecule has 0 amide bonds. The van der Waals surface area contributed by atoms with E-state index in [1.54, 1.807) is 6.07 Å². The van der Waals surface area contributed by atoms with E-state index in [1.807, 2.05) is 26.2 Å². The van der Waals surface area contributed by atoms with E-state index in [1.165, 1.54) is 15.6 Å². The zero-order chi connectivity index (χ0) is 14.6. The predicted octanol–water partition coefficient (Wildman–Crippen LogP) is 2.67. The lowest BCUT2D eigenvalue weighted by Gasteiger charge is -2.23. The minimum absolute atomic E-state index is 0.0191. The maximum Gasteiger partial charge on any atom is 0.252 e. The second kappa shape index (κ2) is 6.83. The van der Waals surface area contributed by atoms with E-state index in [9.17, 15) is 8.42 Å². The van der Waals surface area contributed by atoms with E-state index < -0.39 is 10.0 Å². The quantitative estimate of drug-likeness (QED) is 0.842. The lowest BCUT2D eigenvalue weighted by Crippen LogP contribution is -2.36. The van der Waals surface area contributed by atoms with Gasteiger partial charge in [0.2, 0.25) is 0 Å². The van der Waals surface area contributed by atoms with E-state index in [0.717, 1.165) is 5.56 Å². The molecule has 0 unspecified atom stereocenters. The van der Waals surface area contributed by atoms with Gasteiger partial charge in [-0.3, -0.25) is 0 Å². The van der Waals surface area contributed by atoms with Gasteiger partial charge in [-0.1, -0.05) is 20.8 Å². The molecule has 19 heavy (non-hydrogen) atoms. The lowest BCUT2D eigenvalue weighted by atomic mass is 10.3. The van der Waals surface area contributed by atoms with Crippen LogP contribution in [0.3, 0.4) is 0 Å². The molecule has 0 saturated heterocycles. The maximum absolute atomic E-state index is 12.5. The number of hydrogen-bond acceptors (Lipinski definition) is 4. The molecule has 0 atom stereocenters. The third-order valence-electron chi connectivity index (χ3n) is 2.79. The van der Waals surface area contributed by atoms with Crippen molar-refractivity contribution in [2.75, 3.05) is 6.54 Å². The highest BCUT2D eigenvalue weighted by Crippen LogP contribution is 2.25. The normalized spacial score (nSPS) is 12.8. The third kappa shape index (κ3) is 4.27. The number of hydrogen-bond donors (Lipinski definition) is 1. The third-order valence-corrected chi connectivity index (χ3v) is 6.41. The Morgan fingerprint density at radius 2 is 1.95 bits per heavy atom. The van der Waals surface area contributed by atoms with Crippen LogP contribution < -0.4 is 5.32 Å². The largest absolute Gasteiger partial charge is 0.310 e. The van der Waals surface area contributed by atoms with Crippen LogP contribution in [0.1, 0.15) is 40.2 Å². The average Bonchev–Trinajstić information content (AvgIpc) is 2.75. The Bertz CT molecular complexity index is 492. The Morgan fingerprint density at radius 3 is 2.42 bits per heavy atom. The van der Waals surface area contributed by atoms with Crippen molar-refractivity contribution in [1.29, 1.82) is 0 Å². The van der Waals surface area contributed by atoms with Crippen LogP contribution in [0.25, 0.3) is 0 Å². The fraction of sp³-hybridized carbons (Fsp3) is 0.692. The highest BCUT2D eigenvalue weighted by molar-refractivity contribution is 7.91. The molecule has 1 rings (SSSR count). The molecule has 0 aliphatic carbocycles. The Morgan fingerprint density at radius 1 is 1.32 bits per heavy atom. The van der Waals surface area contributed by atoms with Crippen molar-refractivity contribution in [2.45, 2.75) is 57.5 Å². The van der Waals surface area contributed by atoms with Gasteiger partial charge in [-0.05, 0) is 30.9 Å². The monoisotopic (exact) mass is 304 g/mol. The highest BCUT2D eigenvalue weighted by atomic mass is 32.2. The minimum atomic E-state index is -3.34. The van der Waals surface area contributed by atoms with Crippen LogP contribution in [0.15, 0.2) is 15.7 Å². The van der Waals surface area contributed by atoms with Crippen LogP contribution in [0.5, 0.6) is 0 Å². The summed E-state index contributed by atoms with van der Waals surface area (Å²) in [5.41, 5.74) is 1.03. The van der Waals surface area contributed by atoms with E-state index in [4.69, 9.17) is 0 Å². The molecule has 0 aliphatic rings. The van der Waals surface area contributed by atoms with Gasteiger partial charge in [0.1, 0.15) is 4.21 Å². The Balaban J connectivity index is 2.91. The molecular weight excluding hydrogens is 280 g/mol. The summed E-state index contributed by atoms with van der Waals surface area (Å²) in [6.45, 7) is 11.0. The molecule has 0 spiro atoms. The first-order valence-corrected chi connectivity index (χ1v) is 8.93. The van der Waals surface area contributed by atoms with Gasteiger partial charge in [-0.2, -0.15) is 4.31 Å². The van der Waals surface area contributed by atoms with Gasteiger partial charge < -0.3 is 5.32 Å². The number of sulfonamides is 1. The SMILES string of the molecule is CCN(C(C)C)S(=O)(=O)c1cc(CNC(C)C)cs1. The first-order valence-electron chi connectivity index (χ1n) is 6.61. The maximum atomic E-state index is 12.5. The van der Waals surface area contributed by atoms with Crippen LogP contribution in [-0.4, -0.2) is 31.4 Å². The fourth-order valence-corrected chi connectivity index (χ4v) is 4.81. The summed E-state index contributed by atoms with van der Waals surface area (Å²) >= 11 is 1.30. The summed E-state index contributed by atoms with van der Waals surface area (Å²) in [6, 6.07) is 2.15. The standard InChI is InChI=1S/C13H24N2O2S2/c1-6-15(11(4)5)19(16,17)13-7-12(9-18-13)8-14-10(2)3/h7,9-11,14H,6,8H2,1-5H3. The molecule has 0 aromatic carbocycles. The molecule has 0 bridgehead atoms. The van der Waals surface area contributed by atoms with Gasteiger partial charge in [0.25, 0.3) is 10.0 Å². The van der Waals surface area contributed by atoms with Crippen LogP contribution in [0.4, 0.5) is 0 Å². The van der Waals surface area contributed by atoms with Gasteiger partial charge in [0.15, 0.2) is 0 Å². The number of thiophene rings is 1. The van der Waals surface area contributed by atoms with E-state index in [2.05, 4.69) is 19.2 Å². The molecule has 0 saturated carbocycles. The molecule has 1 heterocycles. The summed E-state index contributed by atoms with van der Waals surface area (Å²) in [7, 11) is -3.34. The second-order valence-corrected chi connectivity index (χ2v) is 8.14. The Hall–Kier alpha value is -0.430. The molecule has 1 aromatic rings. The highest BCUT2D eigenvalue weighted by Gasteiger charge is 2.26. The zero-order valence-electron chi connectivity index (χ0n) is 12.3. The first kappa shape index (κ1) is 16.6. The molecule has 0 fully saturated rings. The van der Waals surface area contributed by atoms with E-state index in [0.29, 0.717) is 23.3 Å². The Labute approximate surface area is 120 Å². The predicted molar refractivity (Wildman–Crippen MR) is 81.0 cm³/mol. The van der Waals surface area contributed by atoms with E-state index in [-0.39, 0.29) is 6.04 Å². The van der Waals surface area contributed by atoms with Gasteiger partial charge in [-0.15, -0.1) is 11.3 Å². The summed E-state index contributed by atoms with van der Waals surface area (Å²) in [5, 5.41) is 5.20. The van der Waals surface area contributed by atoms with Gasteiger partial charge in [-0.25, -0.2) is 8.42 Å². The molecule has 4 nitrogen and oxygen atoms in total. The second-order valence-electron chi connectivity index (χ2n) is 5.11. The van der Waals surface area contributed by atoms with Crippen LogP contribution in [0, 0.1) is 0 Å². The van der Waals surface area contributed by atoms with Crippen molar-refractivity contribution in [3.05, 3.63) is 17.0 Å². The van der Waals surface area contributed by atoms with Crippen molar-refractivity contribution in [3.8, 4) is 0 Å². The average molecular weight is 304 g/mol. The van der Waals surface area contributed by atoms with Crippen molar-refractivity contribution >= 4 is 21.4 Å². The Kier molecular flexibility index (Phi) is 5.98. The molecule has 0 aliphatic heterocycles. The summed E-state index contributed by atoms with van der Waals surface area (Å²) < 4.78 is 26.9. The molecule has 110 valence electrons. The minimum Gasteiger partial charge on any atom is -0.310 e. The number of rotatable bonds is 7. The molecular formula is C13H24N2O2S2. The summed E-state index contributed by atoms with van der Waals surface area (Å²) in [4.78, 5) is 0. The topological polar surface area (TPSA) is 49.4 Å². The first-order chi connectivity index (χ1) is 8.78. The molecule has 1 aromatic heterocycles. The van der Waals surface area contributed by atoms with Crippen LogP contribution in [-0.2, 0) is 16.6 Å². The molecule has 0 radical (unpaired) electrons. The molecule has 1 N–H and O–H groups in total. The van der Waals surface area contributed by atoms with Gasteiger partial charge in [0.05, 0.1) is 0 Å². The van der Waals surface area contributed by atoms with Crippen molar-refractivity contribution in [1.82, 2.24) is 9.62 Å².